The number of aromatic nitrogens is 1. The Balaban J connectivity index is 2.29. The number of thiophene rings is 1. The first-order valence-corrected chi connectivity index (χ1v) is 14.5. The van der Waals surface area contributed by atoms with Crippen LogP contribution >= 0.6 is 58.8 Å². The Morgan fingerprint density at radius 1 is 1.00 bits per heavy atom. The van der Waals surface area contributed by atoms with Gasteiger partial charge in [0.2, 0.25) is 0 Å². The van der Waals surface area contributed by atoms with E-state index in [4.69, 9.17) is 40.2 Å². The van der Waals surface area contributed by atoms with Crippen molar-refractivity contribution in [2.75, 3.05) is 19.0 Å². The van der Waals surface area contributed by atoms with Crippen LogP contribution in [-0.4, -0.2) is 40.6 Å². The largest absolute Gasteiger partial charge is 0.421 e. The Hall–Kier alpha value is -1.54. The van der Waals surface area contributed by atoms with Gasteiger partial charge in [-0.1, -0.05) is 34.8 Å². The van der Waals surface area contributed by atoms with Gasteiger partial charge in [0.1, 0.15) is 14.1 Å². The highest BCUT2D eigenvalue weighted by atomic mass is 35.5. The summed E-state index contributed by atoms with van der Waals surface area (Å²) in [7, 11) is -6.22. The molecule has 0 atom stereocenters. The number of hydrogen-bond donors (Lipinski definition) is 2. The molecule has 0 amide bonds. The average molecular weight is 601 g/mol. The van der Waals surface area contributed by atoms with Crippen LogP contribution < -0.4 is 9.47 Å². The molecule has 1 aromatic carbocycles. The van der Waals surface area contributed by atoms with Gasteiger partial charge in [-0.3, -0.25) is 0 Å². The zero-order valence-corrected chi connectivity index (χ0v) is 23.4. The van der Waals surface area contributed by atoms with E-state index in [0.717, 1.165) is 27.7 Å². The Kier molecular flexibility index (Phi) is 7.83. The van der Waals surface area contributed by atoms with Crippen molar-refractivity contribution < 1.29 is 21.4 Å². The van der Waals surface area contributed by atoms with E-state index in [1.165, 1.54) is 24.5 Å². The second-order valence-electron chi connectivity index (χ2n) is 7.15. The molecule has 0 aliphatic rings. The second-order valence-corrected chi connectivity index (χ2v) is 14.1. The van der Waals surface area contributed by atoms with Crippen LogP contribution in [-0.2, 0) is 20.0 Å². The highest BCUT2D eigenvalue weighted by Gasteiger charge is 2.48. The molecule has 0 fully saturated rings. The Morgan fingerprint density at radius 2 is 1.56 bits per heavy atom. The number of benzene rings is 1. The first-order valence-electron chi connectivity index (χ1n) is 9.20. The molecule has 0 spiro atoms. The number of anilines is 1. The van der Waals surface area contributed by atoms with Crippen LogP contribution in [0.25, 0.3) is 0 Å². The summed E-state index contributed by atoms with van der Waals surface area (Å²) in [4.78, 5) is 0.699. The first kappa shape index (κ1) is 27.1. The molecule has 2 heterocycles. The highest BCUT2D eigenvalue weighted by molar-refractivity contribution is 8.05. The fraction of sp³-hybridized carbons (Fsp3) is 0.158. The van der Waals surface area contributed by atoms with E-state index >= 15 is 0 Å². The van der Waals surface area contributed by atoms with Gasteiger partial charge in [-0.15, -0.1) is 29.4 Å². The zero-order valence-electron chi connectivity index (χ0n) is 17.8. The predicted octanol–water partition coefficient (Wildman–Crippen LogP) is 4.52. The quantitative estimate of drug-likeness (QED) is 0.194. The maximum absolute atomic E-state index is 13.8. The van der Waals surface area contributed by atoms with Gasteiger partial charge in [0.05, 0.1) is 16.7 Å². The Morgan fingerprint density at radius 3 is 2.06 bits per heavy atom. The number of hydrogen-bond acceptors (Lipinski definition) is 8. The fourth-order valence-electron chi connectivity index (χ4n) is 2.84. The number of nitrogens with zero attached hydrogens (tertiary/aromatic N) is 3. The monoisotopic (exact) mass is 599 g/mol. The summed E-state index contributed by atoms with van der Waals surface area (Å²) >= 11 is 23.0. The molecular weight excluding hydrogens is 583 g/mol. The second kappa shape index (κ2) is 9.84. The number of nitrogens with one attached hydrogen (secondary N) is 1. The number of pyridine rings is 1. The van der Waals surface area contributed by atoms with E-state index in [0.29, 0.717) is 5.56 Å². The van der Waals surface area contributed by atoms with Crippen LogP contribution in [0.1, 0.15) is 5.56 Å². The molecule has 3 rings (SSSR count). The standard InChI is InChI=1S/C19H17Cl3N4O4S4/c1-11-8-15(14(31)9-13(11)20)33(27,28)26(34(29,30)16-10-17(21)32-18(16)22)19(23)25-6-4-12(5-7-25)24(2)3/h4-10,23H,1-3H3/p+1. The third kappa shape index (κ3) is 5.03. The lowest BCUT2D eigenvalue weighted by molar-refractivity contribution is -0.562. The maximum atomic E-state index is 13.8. The van der Waals surface area contributed by atoms with Crippen LogP contribution in [0.5, 0.6) is 0 Å². The third-order valence-electron chi connectivity index (χ3n) is 4.60. The molecule has 15 heteroatoms. The molecule has 0 unspecified atom stereocenters. The summed E-state index contributed by atoms with van der Waals surface area (Å²) in [5, 5.41) is 8.86. The lowest BCUT2D eigenvalue weighted by Crippen LogP contribution is -2.56. The SMILES string of the molecule is Cc1cc(S(=O)(=O)N(C(=N)[n+]2ccc(N(C)C)cc2)S(=O)(=O)c2cc(Cl)sc2Cl)c(S)cc1Cl. The van der Waals surface area contributed by atoms with Crippen LogP contribution in [0.4, 0.5) is 5.69 Å². The van der Waals surface area contributed by atoms with Crippen LogP contribution in [0, 0.1) is 12.3 Å². The van der Waals surface area contributed by atoms with Gasteiger partial charge in [0.15, 0.2) is 0 Å². The maximum Gasteiger partial charge on any atom is 0.421 e. The van der Waals surface area contributed by atoms with Crippen molar-refractivity contribution >= 4 is 90.5 Å². The number of thiol groups is 1. The average Bonchev–Trinajstić information content (AvgIpc) is 3.09. The van der Waals surface area contributed by atoms with Gasteiger partial charge in [0.25, 0.3) is 0 Å². The number of aryl methyl sites for hydroxylation is 1. The number of rotatable bonds is 5. The number of sulfonamides is 2. The number of halogens is 3. The van der Waals surface area contributed by atoms with E-state index in [9.17, 15) is 16.8 Å². The molecule has 0 aliphatic carbocycles. The zero-order chi connectivity index (χ0) is 25.6. The molecule has 0 saturated heterocycles. The predicted molar refractivity (Wildman–Crippen MR) is 138 cm³/mol. The van der Waals surface area contributed by atoms with E-state index in [2.05, 4.69) is 12.6 Å². The van der Waals surface area contributed by atoms with Crippen LogP contribution in [0.2, 0.25) is 13.7 Å². The first-order chi connectivity index (χ1) is 15.7. The van der Waals surface area contributed by atoms with E-state index in [-0.39, 0.29) is 22.3 Å². The Labute approximate surface area is 222 Å². The summed E-state index contributed by atoms with van der Waals surface area (Å²) < 4.78 is 55.6. The fourth-order valence-corrected chi connectivity index (χ4v) is 9.40. The summed E-state index contributed by atoms with van der Waals surface area (Å²) in [6.45, 7) is 1.56. The lowest BCUT2D eigenvalue weighted by atomic mass is 10.2. The molecular formula is C19H18Cl3N4O4S4+. The molecule has 2 aromatic heterocycles. The van der Waals surface area contributed by atoms with Crippen molar-refractivity contribution in [3.8, 4) is 0 Å². The minimum atomic E-state index is -4.91. The van der Waals surface area contributed by atoms with Gasteiger partial charge in [-0.2, -0.15) is 16.8 Å². The van der Waals surface area contributed by atoms with E-state index < -0.39 is 35.8 Å². The third-order valence-corrected chi connectivity index (χ3v) is 11.4. The van der Waals surface area contributed by atoms with Gasteiger partial charge in [-0.05, 0) is 46.5 Å². The lowest BCUT2D eigenvalue weighted by Gasteiger charge is -2.19. The van der Waals surface area contributed by atoms with Gasteiger partial charge in [0, 0.05) is 29.7 Å². The van der Waals surface area contributed by atoms with Gasteiger partial charge < -0.3 is 4.90 Å². The molecule has 0 bridgehead atoms. The van der Waals surface area contributed by atoms with Crippen molar-refractivity contribution in [1.82, 2.24) is 3.71 Å². The minimum Gasteiger partial charge on any atom is -0.377 e. The molecule has 182 valence electrons. The van der Waals surface area contributed by atoms with Crippen molar-refractivity contribution in [3.63, 3.8) is 0 Å². The van der Waals surface area contributed by atoms with Crippen LogP contribution in [0.3, 0.4) is 0 Å². The van der Waals surface area contributed by atoms with Gasteiger partial charge in [-0.25, -0.2) is 4.57 Å². The molecule has 0 aliphatic heterocycles. The Bertz CT molecular complexity index is 1490. The highest BCUT2D eigenvalue weighted by Crippen LogP contribution is 2.38. The summed E-state index contributed by atoms with van der Waals surface area (Å²) in [6, 6.07) is 6.70. The molecule has 8 nitrogen and oxygen atoms in total. The topological polar surface area (TPSA) is 102 Å². The summed E-state index contributed by atoms with van der Waals surface area (Å²) in [6.07, 6.45) is 2.74. The van der Waals surface area contributed by atoms with Crippen molar-refractivity contribution in [1.29, 1.82) is 5.41 Å². The van der Waals surface area contributed by atoms with Crippen molar-refractivity contribution in [2.45, 2.75) is 21.6 Å². The normalized spacial score (nSPS) is 12.0. The molecule has 0 radical (unpaired) electrons. The molecule has 3 aromatic rings. The van der Waals surface area contributed by atoms with E-state index in [1.54, 1.807) is 38.1 Å². The minimum absolute atomic E-state index is 0.00198. The van der Waals surface area contributed by atoms with Crippen LogP contribution in [0.15, 0.2) is 57.4 Å². The molecule has 1 N–H and O–H groups in total. The molecule has 34 heavy (non-hydrogen) atoms. The van der Waals surface area contributed by atoms with Gasteiger partial charge >= 0.3 is 26.0 Å². The van der Waals surface area contributed by atoms with Crippen molar-refractivity contribution in [3.05, 3.63) is 62.0 Å². The van der Waals surface area contributed by atoms with Crippen molar-refractivity contribution in [2.24, 2.45) is 0 Å². The smallest absolute Gasteiger partial charge is 0.377 e. The van der Waals surface area contributed by atoms with E-state index in [1.807, 2.05) is 0 Å². The summed E-state index contributed by atoms with van der Waals surface area (Å²) in [5.74, 6) is -0.885. The molecule has 0 saturated carbocycles. The summed E-state index contributed by atoms with van der Waals surface area (Å²) in [5.41, 5.74) is 1.13.